The van der Waals surface area contributed by atoms with E-state index in [1.54, 1.807) is 0 Å². The Bertz CT molecular complexity index is 380. The molecular formula is C13H18N2O2. The van der Waals surface area contributed by atoms with Crippen molar-refractivity contribution < 1.29 is 9.53 Å². The molecule has 1 heterocycles. The Morgan fingerprint density at radius 3 is 2.76 bits per heavy atom. The van der Waals surface area contributed by atoms with Crippen LogP contribution >= 0.6 is 0 Å². The van der Waals surface area contributed by atoms with Crippen molar-refractivity contribution in [1.29, 1.82) is 0 Å². The largest absolute Gasteiger partial charge is 0.376 e. The molecule has 0 saturated carbocycles. The molecular weight excluding hydrogens is 216 g/mol. The first-order valence-corrected chi connectivity index (χ1v) is 5.88. The number of rotatable bonds is 3. The van der Waals surface area contributed by atoms with Crippen LogP contribution in [0.5, 0.6) is 0 Å². The van der Waals surface area contributed by atoms with Gasteiger partial charge in [-0.05, 0) is 12.5 Å². The molecule has 1 saturated heterocycles. The maximum absolute atomic E-state index is 11.6. The topological polar surface area (TPSA) is 55.6 Å². The highest BCUT2D eigenvalue weighted by Gasteiger charge is 2.29. The second-order valence-corrected chi connectivity index (χ2v) is 4.39. The van der Waals surface area contributed by atoms with Crippen LogP contribution in [0.15, 0.2) is 30.3 Å². The maximum atomic E-state index is 11.6. The van der Waals surface area contributed by atoms with Crippen LogP contribution in [0.4, 0.5) is 0 Å². The van der Waals surface area contributed by atoms with Gasteiger partial charge in [-0.25, -0.2) is 0 Å². The molecule has 0 spiro atoms. The molecule has 1 aromatic carbocycles. The minimum absolute atomic E-state index is 0.148. The van der Waals surface area contributed by atoms with E-state index in [0.29, 0.717) is 6.61 Å². The highest BCUT2D eigenvalue weighted by atomic mass is 16.5. The van der Waals surface area contributed by atoms with Crippen molar-refractivity contribution in [2.24, 2.45) is 5.73 Å². The molecule has 1 aromatic rings. The molecule has 2 N–H and O–H groups in total. The molecule has 1 aliphatic rings. The summed E-state index contributed by atoms with van der Waals surface area (Å²) in [6.45, 7) is 4.14. The SMILES string of the molecule is C[C@@H]1CN([C@H](C(N)=O)c2ccccc2)CCO1. The van der Waals surface area contributed by atoms with Crippen LogP contribution in [0.2, 0.25) is 0 Å². The van der Waals surface area contributed by atoms with Gasteiger partial charge in [0.2, 0.25) is 5.91 Å². The molecule has 4 heteroatoms. The van der Waals surface area contributed by atoms with Crippen LogP contribution in [0.1, 0.15) is 18.5 Å². The fraction of sp³-hybridized carbons (Fsp3) is 0.462. The fourth-order valence-corrected chi connectivity index (χ4v) is 2.27. The minimum atomic E-state index is -0.345. The van der Waals surface area contributed by atoms with Crippen molar-refractivity contribution in [3.05, 3.63) is 35.9 Å². The molecule has 0 bridgehead atoms. The fourth-order valence-electron chi connectivity index (χ4n) is 2.27. The quantitative estimate of drug-likeness (QED) is 0.846. The summed E-state index contributed by atoms with van der Waals surface area (Å²) in [5, 5.41) is 0. The number of benzene rings is 1. The summed E-state index contributed by atoms with van der Waals surface area (Å²) in [4.78, 5) is 13.7. The number of nitrogens with zero attached hydrogens (tertiary/aromatic N) is 1. The van der Waals surface area contributed by atoms with Crippen LogP contribution in [-0.4, -0.2) is 36.6 Å². The van der Waals surface area contributed by atoms with Gasteiger partial charge in [-0.15, -0.1) is 0 Å². The van der Waals surface area contributed by atoms with Crippen molar-refractivity contribution in [3.63, 3.8) is 0 Å². The molecule has 92 valence electrons. The number of nitrogens with two attached hydrogens (primary N) is 1. The molecule has 0 aromatic heterocycles. The Kier molecular flexibility index (Phi) is 3.76. The van der Waals surface area contributed by atoms with Gasteiger partial charge in [0.25, 0.3) is 0 Å². The molecule has 17 heavy (non-hydrogen) atoms. The molecule has 1 aliphatic heterocycles. The van der Waals surface area contributed by atoms with Gasteiger partial charge in [0, 0.05) is 13.1 Å². The Morgan fingerprint density at radius 1 is 1.47 bits per heavy atom. The van der Waals surface area contributed by atoms with Gasteiger partial charge < -0.3 is 10.5 Å². The molecule has 2 atom stereocenters. The standard InChI is InChI=1S/C13H18N2O2/c1-10-9-15(7-8-17-10)12(13(14)16)11-5-3-2-4-6-11/h2-6,10,12H,7-9H2,1H3,(H2,14,16)/t10-,12+/m1/s1. The number of ether oxygens (including phenoxy) is 1. The Hall–Kier alpha value is -1.39. The summed E-state index contributed by atoms with van der Waals surface area (Å²) in [6.07, 6.45) is 0.148. The normalized spacial score (nSPS) is 23.2. The summed E-state index contributed by atoms with van der Waals surface area (Å²) in [5.41, 5.74) is 6.48. The van der Waals surface area contributed by atoms with Crippen molar-refractivity contribution in [3.8, 4) is 0 Å². The Labute approximate surface area is 101 Å². The van der Waals surface area contributed by atoms with Crippen LogP contribution in [-0.2, 0) is 9.53 Å². The van der Waals surface area contributed by atoms with E-state index in [-0.39, 0.29) is 18.1 Å². The van der Waals surface area contributed by atoms with Gasteiger partial charge in [-0.1, -0.05) is 30.3 Å². The van der Waals surface area contributed by atoms with Crippen LogP contribution in [0.3, 0.4) is 0 Å². The van der Waals surface area contributed by atoms with Gasteiger partial charge in [-0.2, -0.15) is 0 Å². The lowest BCUT2D eigenvalue weighted by molar-refractivity contribution is -0.126. The third kappa shape index (κ3) is 2.84. The zero-order valence-electron chi connectivity index (χ0n) is 10.0. The highest BCUT2D eigenvalue weighted by Crippen LogP contribution is 2.22. The molecule has 1 amide bonds. The van der Waals surface area contributed by atoms with Crippen molar-refractivity contribution in [2.45, 2.75) is 19.1 Å². The smallest absolute Gasteiger partial charge is 0.239 e. The highest BCUT2D eigenvalue weighted by molar-refractivity contribution is 5.81. The Balaban J connectivity index is 2.20. The summed E-state index contributed by atoms with van der Waals surface area (Å²) < 4.78 is 5.48. The summed E-state index contributed by atoms with van der Waals surface area (Å²) in [6, 6.07) is 9.32. The lowest BCUT2D eigenvalue weighted by Gasteiger charge is -2.35. The van der Waals surface area contributed by atoms with Gasteiger partial charge in [0.1, 0.15) is 6.04 Å². The van der Waals surface area contributed by atoms with Crippen molar-refractivity contribution in [1.82, 2.24) is 4.90 Å². The van der Waals surface area contributed by atoms with E-state index in [0.717, 1.165) is 18.7 Å². The van der Waals surface area contributed by atoms with Crippen molar-refractivity contribution >= 4 is 5.91 Å². The first kappa shape index (κ1) is 12.1. The van der Waals surface area contributed by atoms with Gasteiger partial charge in [0.05, 0.1) is 12.7 Å². The summed E-state index contributed by atoms with van der Waals surface area (Å²) in [5.74, 6) is -0.301. The van der Waals surface area contributed by atoms with Gasteiger partial charge >= 0.3 is 0 Å². The molecule has 0 radical (unpaired) electrons. The number of morpholine rings is 1. The number of hydrogen-bond donors (Lipinski definition) is 1. The number of amides is 1. The second kappa shape index (κ2) is 5.29. The van der Waals surface area contributed by atoms with Crippen LogP contribution < -0.4 is 5.73 Å². The first-order valence-electron chi connectivity index (χ1n) is 5.88. The van der Waals surface area contributed by atoms with E-state index in [1.807, 2.05) is 37.3 Å². The zero-order chi connectivity index (χ0) is 12.3. The summed E-state index contributed by atoms with van der Waals surface area (Å²) >= 11 is 0. The molecule has 2 rings (SSSR count). The van der Waals surface area contributed by atoms with Crippen LogP contribution in [0.25, 0.3) is 0 Å². The molecule has 0 aliphatic carbocycles. The summed E-state index contributed by atoms with van der Waals surface area (Å²) in [7, 11) is 0. The lowest BCUT2D eigenvalue weighted by atomic mass is 10.0. The number of primary amides is 1. The zero-order valence-corrected chi connectivity index (χ0v) is 10.0. The molecule has 0 unspecified atom stereocenters. The van der Waals surface area contributed by atoms with Crippen molar-refractivity contribution in [2.75, 3.05) is 19.7 Å². The monoisotopic (exact) mass is 234 g/mol. The van der Waals surface area contributed by atoms with Gasteiger partial charge in [0.15, 0.2) is 0 Å². The van der Waals surface area contributed by atoms with E-state index in [4.69, 9.17) is 10.5 Å². The third-order valence-electron chi connectivity index (χ3n) is 3.02. The Morgan fingerprint density at radius 2 is 2.18 bits per heavy atom. The van der Waals surface area contributed by atoms with Crippen LogP contribution in [0, 0.1) is 0 Å². The molecule has 1 fully saturated rings. The van der Waals surface area contributed by atoms with E-state index in [1.165, 1.54) is 0 Å². The van der Waals surface area contributed by atoms with Gasteiger partial charge in [-0.3, -0.25) is 9.69 Å². The third-order valence-corrected chi connectivity index (χ3v) is 3.02. The molecule has 4 nitrogen and oxygen atoms in total. The lowest BCUT2D eigenvalue weighted by Crippen LogP contribution is -2.47. The number of carbonyl (C=O) groups excluding carboxylic acids is 1. The predicted octanol–water partition coefficient (Wildman–Crippen LogP) is 0.934. The van der Waals surface area contributed by atoms with E-state index in [9.17, 15) is 4.79 Å². The average Bonchev–Trinajstić information content (AvgIpc) is 2.30. The number of carbonyl (C=O) groups is 1. The first-order chi connectivity index (χ1) is 8.18. The predicted molar refractivity (Wildman–Crippen MR) is 65.4 cm³/mol. The van der Waals surface area contributed by atoms with E-state index >= 15 is 0 Å². The van der Waals surface area contributed by atoms with E-state index < -0.39 is 0 Å². The maximum Gasteiger partial charge on any atom is 0.239 e. The van der Waals surface area contributed by atoms with E-state index in [2.05, 4.69) is 4.90 Å². The number of hydrogen-bond acceptors (Lipinski definition) is 3. The minimum Gasteiger partial charge on any atom is -0.376 e. The second-order valence-electron chi connectivity index (χ2n) is 4.39. The average molecular weight is 234 g/mol.